The van der Waals surface area contributed by atoms with E-state index < -0.39 is 0 Å². The lowest BCUT2D eigenvalue weighted by Gasteiger charge is -2.06. The lowest BCUT2D eigenvalue weighted by Crippen LogP contribution is -2.12. The topological polar surface area (TPSA) is 25.2 Å². The average molecular weight is 375 g/mol. The zero-order chi connectivity index (χ0) is 13.3. The van der Waals surface area contributed by atoms with Gasteiger partial charge in [0.1, 0.15) is 11.3 Å². The van der Waals surface area contributed by atoms with Gasteiger partial charge in [-0.05, 0) is 40.5 Å². The van der Waals surface area contributed by atoms with Crippen LogP contribution in [0.5, 0.6) is 0 Å². The van der Waals surface area contributed by atoms with Gasteiger partial charge in [0.2, 0.25) is 0 Å². The van der Waals surface area contributed by atoms with Gasteiger partial charge in [-0.1, -0.05) is 36.7 Å². The Bertz CT molecular complexity index is 560. The zero-order valence-electron chi connectivity index (χ0n) is 10.8. The van der Waals surface area contributed by atoms with Gasteiger partial charge >= 0.3 is 0 Å². The normalized spacial score (nSPS) is 11.7. The second kappa shape index (κ2) is 5.76. The van der Waals surface area contributed by atoms with E-state index in [-0.39, 0.29) is 0 Å². The number of benzene rings is 1. The molecular weight excluding hydrogens is 358 g/mol. The van der Waals surface area contributed by atoms with Crippen LogP contribution in [0, 0.1) is 0 Å². The molecule has 0 aliphatic heterocycles. The van der Waals surface area contributed by atoms with E-state index in [9.17, 15) is 0 Å². The SMILES string of the molecule is CCNCc1oc2c(Br)cc(Br)cc2c1C(C)C. The molecule has 0 saturated carbocycles. The van der Waals surface area contributed by atoms with Gasteiger partial charge < -0.3 is 9.73 Å². The highest BCUT2D eigenvalue weighted by atomic mass is 79.9. The van der Waals surface area contributed by atoms with Crippen molar-refractivity contribution in [3.8, 4) is 0 Å². The third kappa shape index (κ3) is 2.65. The standard InChI is InChI=1S/C14H17Br2NO/c1-4-17-7-12-13(8(2)3)10-5-9(15)6-11(16)14(10)18-12/h5-6,8,17H,4,7H2,1-3H3. The van der Waals surface area contributed by atoms with Gasteiger partial charge in [0.25, 0.3) is 0 Å². The number of hydrogen-bond donors (Lipinski definition) is 1. The largest absolute Gasteiger partial charge is 0.458 e. The summed E-state index contributed by atoms with van der Waals surface area (Å²) in [5.74, 6) is 1.49. The minimum absolute atomic E-state index is 0.445. The molecule has 0 bridgehead atoms. The van der Waals surface area contributed by atoms with Gasteiger partial charge in [0.15, 0.2) is 0 Å². The first kappa shape index (κ1) is 14.1. The molecule has 2 aromatic rings. The van der Waals surface area contributed by atoms with Crippen LogP contribution in [0.1, 0.15) is 38.0 Å². The van der Waals surface area contributed by atoms with Crippen LogP contribution >= 0.6 is 31.9 Å². The van der Waals surface area contributed by atoms with E-state index in [1.165, 1.54) is 10.9 Å². The van der Waals surface area contributed by atoms with Gasteiger partial charge in [-0.2, -0.15) is 0 Å². The van der Waals surface area contributed by atoms with Crippen LogP contribution < -0.4 is 5.32 Å². The molecule has 0 saturated heterocycles. The van der Waals surface area contributed by atoms with E-state index in [1.807, 2.05) is 6.07 Å². The summed E-state index contributed by atoms with van der Waals surface area (Å²) in [5.41, 5.74) is 2.24. The molecule has 4 heteroatoms. The van der Waals surface area contributed by atoms with Crippen molar-refractivity contribution in [3.63, 3.8) is 0 Å². The van der Waals surface area contributed by atoms with E-state index in [0.717, 1.165) is 33.4 Å². The molecule has 18 heavy (non-hydrogen) atoms. The predicted molar refractivity (Wildman–Crippen MR) is 83.1 cm³/mol. The predicted octanol–water partition coefficient (Wildman–Crippen LogP) is 5.19. The number of hydrogen-bond acceptors (Lipinski definition) is 2. The Kier molecular flexibility index (Phi) is 4.51. The highest BCUT2D eigenvalue weighted by molar-refractivity contribution is 9.11. The van der Waals surface area contributed by atoms with E-state index in [1.54, 1.807) is 0 Å². The molecule has 0 fully saturated rings. The second-order valence-electron chi connectivity index (χ2n) is 4.64. The maximum absolute atomic E-state index is 6.02. The molecular formula is C14H17Br2NO. The Labute approximate surface area is 124 Å². The monoisotopic (exact) mass is 373 g/mol. The highest BCUT2D eigenvalue weighted by Gasteiger charge is 2.18. The fraction of sp³-hybridized carbons (Fsp3) is 0.429. The minimum Gasteiger partial charge on any atom is -0.458 e. The van der Waals surface area contributed by atoms with Gasteiger partial charge in [0, 0.05) is 15.4 Å². The van der Waals surface area contributed by atoms with Gasteiger partial charge in [-0.15, -0.1) is 0 Å². The molecule has 1 N–H and O–H groups in total. The van der Waals surface area contributed by atoms with Crippen LogP contribution in [0.15, 0.2) is 25.5 Å². The first-order chi connectivity index (χ1) is 8.54. The van der Waals surface area contributed by atoms with Crippen LogP contribution in [0.3, 0.4) is 0 Å². The van der Waals surface area contributed by atoms with Crippen molar-refractivity contribution in [3.05, 3.63) is 32.4 Å². The lowest BCUT2D eigenvalue weighted by atomic mass is 9.99. The molecule has 1 heterocycles. The summed E-state index contributed by atoms with van der Waals surface area (Å²) in [6.45, 7) is 8.23. The molecule has 1 aromatic carbocycles. The summed E-state index contributed by atoms with van der Waals surface area (Å²) < 4.78 is 8.08. The molecule has 98 valence electrons. The van der Waals surface area contributed by atoms with Crippen molar-refractivity contribution in [1.29, 1.82) is 0 Å². The van der Waals surface area contributed by atoms with Crippen molar-refractivity contribution in [1.82, 2.24) is 5.32 Å². The Morgan fingerprint density at radius 2 is 2.00 bits per heavy atom. The first-order valence-electron chi connectivity index (χ1n) is 6.15. The lowest BCUT2D eigenvalue weighted by molar-refractivity contribution is 0.509. The van der Waals surface area contributed by atoms with E-state index >= 15 is 0 Å². The van der Waals surface area contributed by atoms with Crippen molar-refractivity contribution >= 4 is 42.8 Å². The van der Waals surface area contributed by atoms with Crippen molar-refractivity contribution in [2.24, 2.45) is 0 Å². The third-order valence-electron chi connectivity index (χ3n) is 2.94. The smallest absolute Gasteiger partial charge is 0.148 e. The summed E-state index contributed by atoms with van der Waals surface area (Å²) in [4.78, 5) is 0. The maximum Gasteiger partial charge on any atom is 0.148 e. The third-order valence-corrected chi connectivity index (χ3v) is 3.98. The molecule has 0 radical (unpaired) electrons. The fourth-order valence-corrected chi connectivity index (χ4v) is 3.50. The van der Waals surface area contributed by atoms with Crippen LogP contribution in [-0.2, 0) is 6.54 Å². The molecule has 0 atom stereocenters. The fourth-order valence-electron chi connectivity index (χ4n) is 2.20. The van der Waals surface area contributed by atoms with Gasteiger partial charge in [-0.3, -0.25) is 0 Å². The number of fused-ring (bicyclic) bond motifs is 1. The van der Waals surface area contributed by atoms with E-state index in [4.69, 9.17) is 4.42 Å². The van der Waals surface area contributed by atoms with Gasteiger partial charge in [0.05, 0.1) is 11.0 Å². The van der Waals surface area contributed by atoms with Crippen LogP contribution in [-0.4, -0.2) is 6.54 Å². The van der Waals surface area contributed by atoms with Crippen molar-refractivity contribution < 1.29 is 4.42 Å². The Balaban J connectivity index is 2.63. The van der Waals surface area contributed by atoms with Crippen molar-refractivity contribution in [2.75, 3.05) is 6.54 Å². The number of nitrogens with one attached hydrogen (secondary N) is 1. The van der Waals surface area contributed by atoms with E-state index in [0.29, 0.717) is 5.92 Å². The molecule has 0 spiro atoms. The Morgan fingerprint density at radius 1 is 1.28 bits per heavy atom. The van der Waals surface area contributed by atoms with Crippen molar-refractivity contribution in [2.45, 2.75) is 33.2 Å². The van der Waals surface area contributed by atoms with Crippen LogP contribution in [0.25, 0.3) is 11.0 Å². The maximum atomic E-state index is 6.02. The summed E-state index contributed by atoms with van der Waals surface area (Å²) in [7, 11) is 0. The minimum atomic E-state index is 0.445. The summed E-state index contributed by atoms with van der Waals surface area (Å²) in [6.07, 6.45) is 0. The molecule has 0 aliphatic rings. The van der Waals surface area contributed by atoms with E-state index in [2.05, 4.69) is 64.0 Å². The molecule has 2 rings (SSSR count). The molecule has 1 aromatic heterocycles. The Morgan fingerprint density at radius 3 is 2.61 bits per heavy atom. The van der Waals surface area contributed by atoms with Gasteiger partial charge in [-0.25, -0.2) is 0 Å². The number of furan rings is 1. The average Bonchev–Trinajstić information content (AvgIpc) is 2.64. The molecule has 0 aliphatic carbocycles. The second-order valence-corrected chi connectivity index (χ2v) is 6.41. The van der Waals surface area contributed by atoms with Crippen LogP contribution in [0.2, 0.25) is 0 Å². The number of halogens is 2. The highest BCUT2D eigenvalue weighted by Crippen LogP contribution is 2.37. The first-order valence-corrected chi connectivity index (χ1v) is 7.74. The summed E-state index contributed by atoms with van der Waals surface area (Å²) in [6, 6.07) is 4.15. The molecule has 0 unspecified atom stereocenters. The molecule has 2 nitrogen and oxygen atoms in total. The van der Waals surface area contributed by atoms with Crippen LogP contribution in [0.4, 0.5) is 0 Å². The Hall–Kier alpha value is -0.320. The number of rotatable bonds is 4. The molecule has 0 amide bonds. The quantitative estimate of drug-likeness (QED) is 0.796. The zero-order valence-corrected chi connectivity index (χ0v) is 14.0. The summed E-state index contributed by atoms with van der Waals surface area (Å²) >= 11 is 7.11. The summed E-state index contributed by atoms with van der Waals surface area (Å²) in [5, 5.41) is 4.53.